The molecule has 166 valence electrons. The number of amides is 1. The number of nitrogens with one attached hydrogen (secondary N) is 1. The molecule has 1 aliphatic heterocycles. The zero-order chi connectivity index (χ0) is 22.3. The van der Waals surface area contributed by atoms with E-state index in [0.717, 1.165) is 25.0 Å². The van der Waals surface area contributed by atoms with Crippen molar-refractivity contribution < 1.29 is 28.2 Å². The lowest BCUT2D eigenvalue weighted by molar-refractivity contribution is -0.156. The minimum Gasteiger partial charge on any atom is -0.393 e. The molecule has 31 heavy (non-hydrogen) atoms. The highest BCUT2D eigenvalue weighted by molar-refractivity contribution is 14.1. The van der Waals surface area contributed by atoms with E-state index in [1.807, 2.05) is 22.6 Å². The van der Waals surface area contributed by atoms with Crippen molar-refractivity contribution in [3.05, 3.63) is 56.9 Å². The topological polar surface area (TPSA) is 72.8 Å². The van der Waals surface area contributed by atoms with Crippen LogP contribution >= 0.6 is 22.6 Å². The van der Waals surface area contributed by atoms with E-state index in [1.54, 1.807) is 6.07 Å². The van der Waals surface area contributed by atoms with Crippen LogP contribution in [0.1, 0.15) is 36.0 Å². The average molecular weight is 546 g/mol. The molecule has 1 saturated carbocycles. The van der Waals surface area contributed by atoms with Gasteiger partial charge in [0.25, 0.3) is 5.91 Å². The number of likely N-dealkylation sites (tertiary alicyclic amines) is 1. The fourth-order valence-corrected chi connectivity index (χ4v) is 4.93. The Morgan fingerprint density at radius 2 is 1.81 bits per heavy atom. The zero-order valence-corrected chi connectivity index (χ0v) is 18.7. The summed E-state index contributed by atoms with van der Waals surface area (Å²) in [7, 11) is 0. The average Bonchev–Trinajstić information content (AvgIpc) is 2.71. The normalized spacial score (nSPS) is 22.7. The molecule has 2 aromatic carbocycles. The van der Waals surface area contributed by atoms with Gasteiger partial charge in [-0.05, 0) is 65.8 Å². The molecule has 4 rings (SSSR count). The molecule has 1 saturated heterocycles. The predicted molar refractivity (Wildman–Crippen MR) is 118 cm³/mol. The Bertz CT molecular complexity index is 1010. The summed E-state index contributed by atoms with van der Waals surface area (Å²) >= 11 is 1.92. The Kier molecular flexibility index (Phi) is 6.19. The van der Waals surface area contributed by atoms with E-state index >= 15 is 0 Å². The van der Waals surface area contributed by atoms with Crippen LogP contribution in [0.3, 0.4) is 0 Å². The highest BCUT2D eigenvalue weighted by atomic mass is 127. The van der Waals surface area contributed by atoms with E-state index in [-0.39, 0.29) is 30.3 Å². The molecule has 0 bridgehead atoms. The molecule has 0 radical (unpaired) electrons. The van der Waals surface area contributed by atoms with Gasteiger partial charge in [0.15, 0.2) is 11.6 Å². The fraction of sp³-hybridized carbons (Fsp3) is 0.409. The molecule has 2 aliphatic rings. The largest absolute Gasteiger partial charge is 0.393 e. The molecular weight excluding hydrogens is 524 g/mol. The number of halogens is 4. The smallest absolute Gasteiger partial charge is 0.256 e. The third-order valence-corrected chi connectivity index (χ3v) is 6.82. The molecule has 2 atom stereocenters. The highest BCUT2D eigenvalue weighted by Crippen LogP contribution is 2.40. The first kappa shape index (κ1) is 22.3. The van der Waals surface area contributed by atoms with E-state index in [0.29, 0.717) is 16.4 Å². The van der Waals surface area contributed by atoms with Crippen LogP contribution in [0, 0.1) is 26.9 Å². The minimum atomic E-state index is -1.29. The Hall–Kier alpha value is -1.85. The maximum absolute atomic E-state index is 14.6. The monoisotopic (exact) mass is 546 g/mol. The SMILES string of the molecule is O=C(c1ccc(F)c(F)c1Nc1ccc(I)cc1F)N1CC(O)([C@H]2CCCC[C@@H]2O)C1. The summed E-state index contributed by atoms with van der Waals surface area (Å²) in [4.78, 5) is 14.3. The number of aliphatic hydroxyl groups is 2. The van der Waals surface area contributed by atoms with Gasteiger partial charge in [0.1, 0.15) is 11.4 Å². The predicted octanol–water partition coefficient (Wildman–Crippen LogP) is 4.19. The number of benzene rings is 2. The Morgan fingerprint density at radius 1 is 1.10 bits per heavy atom. The first-order valence-electron chi connectivity index (χ1n) is 10.1. The second kappa shape index (κ2) is 8.59. The molecule has 0 aromatic heterocycles. The van der Waals surface area contributed by atoms with Crippen LogP contribution in [0.25, 0.3) is 0 Å². The van der Waals surface area contributed by atoms with Gasteiger partial charge in [0.2, 0.25) is 0 Å². The summed E-state index contributed by atoms with van der Waals surface area (Å²) in [5, 5.41) is 23.6. The van der Waals surface area contributed by atoms with Crippen molar-refractivity contribution in [2.75, 3.05) is 18.4 Å². The van der Waals surface area contributed by atoms with Crippen LogP contribution in [0.2, 0.25) is 0 Å². The third-order valence-electron chi connectivity index (χ3n) is 6.15. The van der Waals surface area contributed by atoms with E-state index in [2.05, 4.69) is 5.32 Å². The number of β-amino-alcohol motifs (C(OH)–C–C–N with tert-alkyl or cyclic N) is 1. The second-order valence-electron chi connectivity index (χ2n) is 8.26. The number of hydrogen-bond donors (Lipinski definition) is 3. The number of carbonyl (C=O) groups excluding carboxylic acids is 1. The van der Waals surface area contributed by atoms with Crippen molar-refractivity contribution in [2.24, 2.45) is 5.92 Å². The summed E-state index contributed by atoms with van der Waals surface area (Å²) in [6.07, 6.45) is 2.45. The van der Waals surface area contributed by atoms with Crippen molar-refractivity contribution >= 4 is 39.9 Å². The minimum absolute atomic E-state index is 0.0100. The van der Waals surface area contributed by atoms with E-state index in [1.165, 1.54) is 17.0 Å². The summed E-state index contributed by atoms with van der Waals surface area (Å²) in [5.74, 6) is -4.06. The van der Waals surface area contributed by atoms with Crippen molar-refractivity contribution in [3.8, 4) is 0 Å². The van der Waals surface area contributed by atoms with Crippen LogP contribution < -0.4 is 5.32 Å². The van der Waals surface area contributed by atoms with Gasteiger partial charge in [-0.15, -0.1) is 0 Å². The van der Waals surface area contributed by atoms with Crippen molar-refractivity contribution in [1.82, 2.24) is 4.90 Å². The lowest BCUT2D eigenvalue weighted by Gasteiger charge is -2.52. The van der Waals surface area contributed by atoms with E-state index < -0.39 is 40.8 Å². The quantitative estimate of drug-likeness (QED) is 0.504. The standard InChI is InChI=1S/C22H22F3IN2O3/c23-15-7-6-13(20(19(15)25)27-17-8-5-12(26)9-16(17)24)21(30)28-10-22(31,11-28)14-3-1-2-4-18(14)29/h5-9,14,18,27,29,31H,1-4,10-11H2/t14-,18-/m0/s1. The number of aliphatic hydroxyl groups excluding tert-OH is 1. The Labute approximate surface area is 191 Å². The number of rotatable bonds is 4. The number of hydrogen-bond acceptors (Lipinski definition) is 4. The molecule has 1 aliphatic carbocycles. The summed E-state index contributed by atoms with van der Waals surface area (Å²) in [6, 6.07) is 6.18. The van der Waals surface area contributed by atoms with Crippen LogP contribution in [0.4, 0.5) is 24.5 Å². The molecule has 9 heteroatoms. The van der Waals surface area contributed by atoms with Crippen molar-refractivity contribution in [1.29, 1.82) is 0 Å². The van der Waals surface area contributed by atoms with Gasteiger partial charge < -0.3 is 20.4 Å². The molecule has 5 nitrogen and oxygen atoms in total. The molecule has 1 amide bonds. The second-order valence-corrected chi connectivity index (χ2v) is 9.50. The van der Waals surface area contributed by atoms with Gasteiger partial charge in [-0.25, -0.2) is 13.2 Å². The fourth-order valence-electron chi connectivity index (χ4n) is 4.48. The summed E-state index contributed by atoms with van der Waals surface area (Å²) < 4.78 is 43.3. The first-order valence-corrected chi connectivity index (χ1v) is 11.2. The molecule has 2 fully saturated rings. The molecule has 2 aromatic rings. The number of nitrogens with zero attached hydrogens (tertiary/aromatic N) is 1. The van der Waals surface area contributed by atoms with Gasteiger partial charge in [-0.1, -0.05) is 12.8 Å². The van der Waals surface area contributed by atoms with Gasteiger partial charge in [-0.3, -0.25) is 4.79 Å². The Morgan fingerprint density at radius 3 is 2.48 bits per heavy atom. The third kappa shape index (κ3) is 4.27. The lowest BCUT2D eigenvalue weighted by Crippen LogP contribution is -2.68. The van der Waals surface area contributed by atoms with Gasteiger partial charge in [0.05, 0.1) is 36.1 Å². The summed E-state index contributed by atoms with van der Waals surface area (Å²) in [6.45, 7) is -0.0201. The van der Waals surface area contributed by atoms with Crippen molar-refractivity contribution in [3.63, 3.8) is 0 Å². The number of carbonyl (C=O) groups is 1. The van der Waals surface area contributed by atoms with Crippen molar-refractivity contribution in [2.45, 2.75) is 37.4 Å². The van der Waals surface area contributed by atoms with Crippen LogP contribution in [-0.4, -0.2) is 45.8 Å². The molecular formula is C22H22F3IN2O3. The first-order chi connectivity index (χ1) is 14.7. The van der Waals surface area contributed by atoms with Crippen LogP contribution in [0.15, 0.2) is 30.3 Å². The molecule has 0 unspecified atom stereocenters. The van der Waals surface area contributed by atoms with Gasteiger partial charge >= 0.3 is 0 Å². The number of anilines is 2. The van der Waals surface area contributed by atoms with E-state index in [4.69, 9.17) is 0 Å². The highest BCUT2D eigenvalue weighted by Gasteiger charge is 2.52. The molecule has 0 spiro atoms. The van der Waals surface area contributed by atoms with Gasteiger partial charge in [-0.2, -0.15) is 0 Å². The Balaban J connectivity index is 1.57. The molecule has 3 N–H and O–H groups in total. The summed E-state index contributed by atoms with van der Waals surface area (Å²) in [5.41, 5.74) is -1.92. The van der Waals surface area contributed by atoms with Crippen LogP contribution in [-0.2, 0) is 0 Å². The lowest BCUT2D eigenvalue weighted by atomic mass is 9.71. The van der Waals surface area contributed by atoms with Crippen LogP contribution in [0.5, 0.6) is 0 Å². The maximum Gasteiger partial charge on any atom is 0.256 e. The maximum atomic E-state index is 14.6. The van der Waals surface area contributed by atoms with E-state index in [9.17, 15) is 28.2 Å². The zero-order valence-electron chi connectivity index (χ0n) is 16.5. The molecule has 1 heterocycles. The van der Waals surface area contributed by atoms with Gasteiger partial charge in [0, 0.05) is 9.49 Å².